The van der Waals surface area contributed by atoms with E-state index in [1.165, 1.54) is 13.8 Å². The van der Waals surface area contributed by atoms with E-state index in [0.29, 0.717) is 0 Å². The second kappa shape index (κ2) is 15.1. The molecule has 0 saturated carbocycles. The molecule has 0 rings (SSSR count). The van der Waals surface area contributed by atoms with Gasteiger partial charge < -0.3 is 19.8 Å². The maximum Gasteiger partial charge on any atom is 0.0666 e. The van der Waals surface area contributed by atoms with Gasteiger partial charge in [0.25, 0.3) is 0 Å². The van der Waals surface area contributed by atoms with Crippen molar-refractivity contribution in [1.82, 2.24) is 0 Å². The molecule has 0 aliphatic carbocycles. The number of carbonyl (C=O) groups is 2. The zero-order chi connectivity index (χ0) is 14.4. The Bertz CT molecular complexity index is 212. The fourth-order valence-electron chi connectivity index (χ4n) is 0.0707. The van der Waals surface area contributed by atoms with Crippen molar-refractivity contribution in [3.8, 4) is 0 Å². The van der Waals surface area contributed by atoms with Gasteiger partial charge >= 0.3 is 0 Å². The van der Waals surface area contributed by atoms with Crippen molar-refractivity contribution in [3.63, 3.8) is 0 Å². The Morgan fingerprint density at radius 3 is 1.12 bits per heavy atom. The number of carboxylic acid groups (broad SMARTS) is 2. The van der Waals surface area contributed by atoms with Crippen molar-refractivity contribution < 1.29 is 19.8 Å². The standard InChI is InChI=1S/2C4H6O2.C3H8S2/c2*1-3(2)4(5)6;4-2-1-3-5/h2*1H2,2H3,(H,5,6);4-5H,1-3H2/p-2. The number of hydrogen-bond donors (Lipinski definition) is 2. The first-order valence-electron chi connectivity index (χ1n) is 4.66. The minimum Gasteiger partial charge on any atom is -0.545 e. The lowest BCUT2D eigenvalue weighted by atomic mass is 10.4. The van der Waals surface area contributed by atoms with Gasteiger partial charge in [0.1, 0.15) is 0 Å². The van der Waals surface area contributed by atoms with Crippen LogP contribution < -0.4 is 10.2 Å². The highest BCUT2D eigenvalue weighted by atomic mass is 32.1. The van der Waals surface area contributed by atoms with Crippen molar-refractivity contribution >= 4 is 37.2 Å². The predicted octanol–water partition coefficient (Wildman–Crippen LogP) is -0.139. The fraction of sp³-hybridized carbons (Fsp3) is 0.455. The third kappa shape index (κ3) is 31.3. The molecule has 100 valence electrons. The SMILES string of the molecule is C=C(C)C(=O)[O-].C=C(C)C(=O)[O-].SCCCS. The third-order valence-electron chi connectivity index (χ3n) is 1.01. The highest BCUT2D eigenvalue weighted by molar-refractivity contribution is 7.81. The molecule has 0 aliphatic rings. The lowest BCUT2D eigenvalue weighted by Gasteiger charge is -1.93. The molecule has 0 unspecified atom stereocenters. The Hall–Kier alpha value is -0.880. The first-order valence-corrected chi connectivity index (χ1v) is 5.92. The van der Waals surface area contributed by atoms with Crippen molar-refractivity contribution in [2.24, 2.45) is 0 Å². The smallest absolute Gasteiger partial charge is 0.0666 e. The Morgan fingerprint density at radius 2 is 1.12 bits per heavy atom. The molecule has 17 heavy (non-hydrogen) atoms. The zero-order valence-electron chi connectivity index (χ0n) is 10.1. The van der Waals surface area contributed by atoms with Gasteiger partial charge in [-0.1, -0.05) is 13.2 Å². The van der Waals surface area contributed by atoms with Gasteiger partial charge in [-0.05, 0) is 42.9 Å². The van der Waals surface area contributed by atoms with Gasteiger partial charge in [0.2, 0.25) is 0 Å². The maximum atomic E-state index is 9.49. The van der Waals surface area contributed by atoms with Crippen LogP contribution >= 0.6 is 25.3 Å². The van der Waals surface area contributed by atoms with Gasteiger partial charge in [0.05, 0.1) is 11.9 Å². The zero-order valence-corrected chi connectivity index (χ0v) is 11.9. The molecule has 4 nitrogen and oxygen atoms in total. The first-order chi connectivity index (χ1) is 7.70. The largest absolute Gasteiger partial charge is 0.545 e. The molecule has 0 N–H and O–H groups in total. The van der Waals surface area contributed by atoms with E-state index in [-0.39, 0.29) is 11.1 Å². The summed E-state index contributed by atoms with van der Waals surface area (Å²) < 4.78 is 0. The molecule has 0 saturated heterocycles. The normalized spacial score (nSPS) is 7.76. The van der Waals surface area contributed by atoms with Crippen LogP contribution in [0.4, 0.5) is 0 Å². The lowest BCUT2D eigenvalue weighted by molar-refractivity contribution is -0.300. The molecule has 0 fully saturated rings. The van der Waals surface area contributed by atoms with Crippen molar-refractivity contribution in [3.05, 3.63) is 24.3 Å². The summed E-state index contributed by atoms with van der Waals surface area (Å²) in [6.07, 6.45) is 1.12. The number of aliphatic carboxylic acids is 2. The molecule has 0 spiro atoms. The minimum absolute atomic E-state index is 0.0648. The second-order valence-corrected chi connectivity index (χ2v) is 3.83. The van der Waals surface area contributed by atoms with Crippen LogP contribution in [0, 0.1) is 0 Å². The quantitative estimate of drug-likeness (QED) is 0.554. The van der Waals surface area contributed by atoms with Crippen LogP contribution in [-0.2, 0) is 9.59 Å². The van der Waals surface area contributed by atoms with E-state index in [4.69, 9.17) is 0 Å². The van der Waals surface area contributed by atoms with E-state index in [9.17, 15) is 19.8 Å². The number of carbonyl (C=O) groups excluding carboxylic acids is 2. The summed E-state index contributed by atoms with van der Waals surface area (Å²) >= 11 is 7.90. The molecule has 0 atom stereocenters. The number of hydrogen-bond acceptors (Lipinski definition) is 6. The van der Waals surface area contributed by atoms with Gasteiger partial charge in [0.15, 0.2) is 0 Å². The number of thiol groups is 2. The average molecular weight is 278 g/mol. The van der Waals surface area contributed by atoms with Gasteiger partial charge in [-0.15, -0.1) is 0 Å². The molecule has 0 amide bonds. The molecule has 0 aromatic heterocycles. The maximum absolute atomic E-state index is 9.49. The highest BCUT2D eigenvalue weighted by Gasteiger charge is 1.76. The van der Waals surface area contributed by atoms with Crippen LogP contribution in [0.3, 0.4) is 0 Å². The Labute approximate surface area is 113 Å². The summed E-state index contributed by atoms with van der Waals surface area (Å²) in [6, 6.07) is 0. The summed E-state index contributed by atoms with van der Waals surface area (Å²) in [6.45, 7) is 8.95. The Kier molecular flexibility index (Phi) is 19.0. The van der Waals surface area contributed by atoms with Crippen LogP contribution in [-0.4, -0.2) is 23.4 Å². The first kappa shape index (κ1) is 21.4. The Morgan fingerprint density at radius 1 is 0.941 bits per heavy atom. The molecule has 0 heterocycles. The van der Waals surface area contributed by atoms with E-state index >= 15 is 0 Å². The van der Waals surface area contributed by atoms with Gasteiger partial charge in [-0.3, -0.25) is 0 Å². The average Bonchev–Trinajstić information content (AvgIpc) is 2.20. The highest BCUT2D eigenvalue weighted by Crippen LogP contribution is 1.83. The van der Waals surface area contributed by atoms with Gasteiger partial charge in [0, 0.05) is 0 Å². The molecule has 0 aliphatic heterocycles. The molecule has 0 aromatic carbocycles. The summed E-state index contributed by atoms with van der Waals surface area (Å²) in [5.74, 6) is -0.447. The molecule has 0 aromatic rings. The molecule has 6 heteroatoms. The van der Waals surface area contributed by atoms with E-state index < -0.39 is 11.9 Å². The number of rotatable bonds is 4. The van der Waals surface area contributed by atoms with Crippen molar-refractivity contribution in [2.75, 3.05) is 11.5 Å². The van der Waals surface area contributed by atoms with Crippen LogP contribution in [0.2, 0.25) is 0 Å². The van der Waals surface area contributed by atoms with Crippen LogP contribution in [0.1, 0.15) is 20.3 Å². The molecule has 0 bridgehead atoms. The fourth-order valence-corrected chi connectivity index (χ4v) is 0.636. The summed E-state index contributed by atoms with van der Waals surface area (Å²) in [5.41, 5.74) is 0.130. The summed E-state index contributed by atoms with van der Waals surface area (Å²) in [7, 11) is 0. The second-order valence-electron chi connectivity index (χ2n) is 2.94. The molecular weight excluding hydrogens is 260 g/mol. The van der Waals surface area contributed by atoms with E-state index in [2.05, 4.69) is 38.4 Å². The minimum atomic E-state index is -1.19. The van der Waals surface area contributed by atoms with Crippen LogP contribution in [0.15, 0.2) is 24.3 Å². The lowest BCUT2D eigenvalue weighted by Crippen LogP contribution is -2.22. The summed E-state index contributed by atoms with van der Waals surface area (Å²) in [4.78, 5) is 19.0. The summed E-state index contributed by atoms with van der Waals surface area (Å²) in [5, 5.41) is 19.0. The van der Waals surface area contributed by atoms with Crippen molar-refractivity contribution in [1.29, 1.82) is 0 Å². The van der Waals surface area contributed by atoms with E-state index in [1.54, 1.807) is 0 Å². The van der Waals surface area contributed by atoms with E-state index in [1.807, 2.05) is 0 Å². The van der Waals surface area contributed by atoms with Crippen molar-refractivity contribution in [2.45, 2.75) is 20.3 Å². The predicted molar refractivity (Wildman–Crippen MR) is 72.0 cm³/mol. The molecule has 0 radical (unpaired) electrons. The topological polar surface area (TPSA) is 80.3 Å². The monoisotopic (exact) mass is 278 g/mol. The van der Waals surface area contributed by atoms with E-state index in [0.717, 1.165) is 17.9 Å². The van der Waals surface area contributed by atoms with Crippen LogP contribution in [0.5, 0.6) is 0 Å². The van der Waals surface area contributed by atoms with Gasteiger partial charge in [-0.2, -0.15) is 25.3 Å². The van der Waals surface area contributed by atoms with Gasteiger partial charge in [-0.25, -0.2) is 0 Å². The Balaban J connectivity index is -0.000000174. The molecular formula is C11H18O4S2-2. The third-order valence-corrected chi connectivity index (χ3v) is 1.65. The number of carboxylic acids is 2. The van der Waals surface area contributed by atoms with Crippen LogP contribution in [0.25, 0.3) is 0 Å².